The fraction of sp³-hybridized carbons (Fsp3) is 0.391. The first kappa shape index (κ1) is 23.2. The summed E-state index contributed by atoms with van der Waals surface area (Å²) in [4.78, 5) is 27.7. The second-order valence-electron chi connectivity index (χ2n) is 6.95. The van der Waals surface area contributed by atoms with Gasteiger partial charge in [-0.25, -0.2) is 0 Å². The van der Waals surface area contributed by atoms with Crippen LogP contribution in [0, 0.1) is 0 Å². The van der Waals surface area contributed by atoms with Crippen LogP contribution in [-0.4, -0.2) is 29.3 Å². The van der Waals surface area contributed by atoms with E-state index in [4.69, 9.17) is 23.2 Å². The predicted octanol–water partition coefficient (Wildman–Crippen LogP) is 5.26. The first-order valence-electron chi connectivity index (χ1n) is 10.0. The van der Waals surface area contributed by atoms with Crippen LogP contribution >= 0.6 is 23.2 Å². The Morgan fingerprint density at radius 1 is 1.00 bits per heavy atom. The highest BCUT2D eigenvalue weighted by atomic mass is 35.5. The molecule has 6 heteroatoms. The normalized spacial score (nSPS) is 11.7. The lowest BCUT2D eigenvalue weighted by molar-refractivity contribution is -0.140. The van der Waals surface area contributed by atoms with Gasteiger partial charge in [0.2, 0.25) is 11.8 Å². The second kappa shape index (κ2) is 11.8. The fourth-order valence-corrected chi connectivity index (χ4v) is 3.69. The van der Waals surface area contributed by atoms with E-state index in [-0.39, 0.29) is 18.2 Å². The van der Waals surface area contributed by atoms with Gasteiger partial charge in [0.25, 0.3) is 0 Å². The van der Waals surface area contributed by atoms with Gasteiger partial charge in [-0.2, -0.15) is 0 Å². The van der Waals surface area contributed by atoms with Crippen molar-refractivity contribution < 1.29 is 9.59 Å². The minimum absolute atomic E-state index is 0.0457. The van der Waals surface area contributed by atoms with Crippen LogP contribution in [0.25, 0.3) is 0 Å². The Bertz CT molecular complexity index is 792. The zero-order valence-corrected chi connectivity index (χ0v) is 18.5. The number of carbonyl (C=O) groups is 2. The summed E-state index contributed by atoms with van der Waals surface area (Å²) in [5, 5.41) is 3.86. The summed E-state index contributed by atoms with van der Waals surface area (Å²) >= 11 is 12.5. The smallest absolute Gasteiger partial charge is 0.242 e. The van der Waals surface area contributed by atoms with Crippen LogP contribution in [0.15, 0.2) is 48.5 Å². The van der Waals surface area contributed by atoms with Gasteiger partial charge in [0.15, 0.2) is 0 Å². The van der Waals surface area contributed by atoms with Gasteiger partial charge in [0.05, 0.1) is 6.42 Å². The first-order valence-corrected chi connectivity index (χ1v) is 10.8. The molecule has 0 aliphatic heterocycles. The van der Waals surface area contributed by atoms with Gasteiger partial charge < -0.3 is 10.2 Å². The van der Waals surface area contributed by atoms with Crippen molar-refractivity contribution in [2.45, 2.75) is 52.1 Å². The fourth-order valence-electron chi connectivity index (χ4n) is 3.16. The summed E-state index contributed by atoms with van der Waals surface area (Å²) < 4.78 is 0. The number of hydrogen-bond acceptors (Lipinski definition) is 2. The molecule has 0 heterocycles. The topological polar surface area (TPSA) is 49.4 Å². The largest absolute Gasteiger partial charge is 0.354 e. The maximum absolute atomic E-state index is 13.3. The van der Waals surface area contributed by atoms with Crippen molar-refractivity contribution in [3.8, 4) is 0 Å². The minimum Gasteiger partial charge on any atom is -0.354 e. The lowest BCUT2D eigenvalue weighted by atomic mass is 10.1. The third-order valence-electron chi connectivity index (χ3n) is 4.80. The Morgan fingerprint density at radius 2 is 1.66 bits per heavy atom. The summed E-state index contributed by atoms with van der Waals surface area (Å²) in [5.41, 5.74) is 1.55. The standard InChI is InChI=1S/C23H28Cl2N2O2/c1-3-5-14-26-23(29)21(4-2)27(16-17-10-7-6-8-11-17)22(28)15-18-19(24)12-9-13-20(18)25/h6-13,21H,3-5,14-16H2,1-2H3,(H,26,29). The van der Waals surface area contributed by atoms with Crippen molar-refractivity contribution in [2.24, 2.45) is 0 Å². The summed E-state index contributed by atoms with van der Waals surface area (Å²) in [7, 11) is 0. The number of nitrogens with one attached hydrogen (secondary N) is 1. The third-order valence-corrected chi connectivity index (χ3v) is 5.51. The van der Waals surface area contributed by atoms with Gasteiger partial charge in [-0.15, -0.1) is 0 Å². The molecule has 0 radical (unpaired) electrons. The van der Waals surface area contributed by atoms with E-state index in [2.05, 4.69) is 12.2 Å². The molecule has 0 aliphatic carbocycles. The van der Waals surface area contributed by atoms with E-state index in [0.29, 0.717) is 35.1 Å². The van der Waals surface area contributed by atoms with Crippen molar-refractivity contribution in [1.82, 2.24) is 10.2 Å². The molecule has 29 heavy (non-hydrogen) atoms. The quantitative estimate of drug-likeness (QED) is 0.518. The van der Waals surface area contributed by atoms with E-state index >= 15 is 0 Å². The molecule has 0 aromatic heterocycles. The van der Waals surface area contributed by atoms with Crippen LogP contribution in [-0.2, 0) is 22.6 Å². The Kier molecular flexibility index (Phi) is 9.49. The summed E-state index contributed by atoms with van der Waals surface area (Å²) in [6.45, 7) is 4.94. The summed E-state index contributed by atoms with van der Waals surface area (Å²) in [5.74, 6) is -0.308. The molecule has 0 fully saturated rings. The van der Waals surface area contributed by atoms with E-state index in [1.807, 2.05) is 37.3 Å². The molecule has 2 rings (SSSR count). The average molecular weight is 435 g/mol. The maximum Gasteiger partial charge on any atom is 0.242 e. The Hall–Kier alpha value is -2.04. The minimum atomic E-state index is -0.555. The van der Waals surface area contributed by atoms with Crippen molar-refractivity contribution >= 4 is 35.0 Å². The first-order chi connectivity index (χ1) is 14.0. The number of unbranched alkanes of at least 4 members (excludes halogenated alkanes) is 1. The van der Waals surface area contributed by atoms with Gasteiger partial charge >= 0.3 is 0 Å². The van der Waals surface area contributed by atoms with E-state index in [1.165, 1.54) is 0 Å². The molecule has 0 spiro atoms. The molecule has 0 saturated heterocycles. The number of amides is 2. The van der Waals surface area contributed by atoms with Crippen LogP contribution in [0.4, 0.5) is 0 Å². The summed E-state index contributed by atoms with van der Waals surface area (Å²) in [6, 6.07) is 14.3. The number of carbonyl (C=O) groups excluding carboxylic acids is 2. The lowest BCUT2D eigenvalue weighted by Gasteiger charge is -2.31. The van der Waals surface area contributed by atoms with Crippen LogP contribution in [0.3, 0.4) is 0 Å². The van der Waals surface area contributed by atoms with Crippen LogP contribution in [0.2, 0.25) is 10.0 Å². The molecule has 2 amide bonds. The molecule has 1 unspecified atom stereocenters. The molecule has 0 bridgehead atoms. The Labute approximate surface area is 183 Å². The molecular formula is C23H28Cl2N2O2. The molecular weight excluding hydrogens is 407 g/mol. The van der Waals surface area contributed by atoms with Crippen molar-refractivity contribution in [1.29, 1.82) is 0 Å². The SMILES string of the molecule is CCCCNC(=O)C(CC)N(Cc1ccccc1)C(=O)Cc1c(Cl)cccc1Cl. The van der Waals surface area contributed by atoms with E-state index in [1.54, 1.807) is 23.1 Å². The van der Waals surface area contributed by atoms with Crippen LogP contribution < -0.4 is 5.32 Å². The number of halogens is 2. The van der Waals surface area contributed by atoms with Gasteiger partial charge in [-0.05, 0) is 36.1 Å². The molecule has 2 aromatic carbocycles. The van der Waals surface area contributed by atoms with Crippen LogP contribution in [0.1, 0.15) is 44.2 Å². The molecule has 2 aromatic rings. The lowest BCUT2D eigenvalue weighted by Crippen LogP contribution is -2.49. The van der Waals surface area contributed by atoms with Crippen molar-refractivity contribution in [2.75, 3.05) is 6.54 Å². The molecule has 0 aliphatic rings. The van der Waals surface area contributed by atoms with Crippen LogP contribution in [0.5, 0.6) is 0 Å². The monoisotopic (exact) mass is 434 g/mol. The number of benzene rings is 2. The molecule has 1 atom stereocenters. The predicted molar refractivity (Wildman–Crippen MR) is 119 cm³/mol. The van der Waals surface area contributed by atoms with E-state index in [0.717, 1.165) is 18.4 Å². The van der Waals surface area contributed by atoms with Gasteiger partial charge in [-0.3, -0.25) is 9.59 Å². The number of rotatable bonds is 10. The summed E-state index contributed by atoms with van der Waals surface area (Å²) in [6.07, 6.45) is 2.47. The molecule has 156 valence electrons. The average Bonchev–Trinajstić information content (AvgIpc) is 2.71. The van der Waals surface area contributed by atoms with E-state index < -0.39 is 6.04 Å². The zero-order valence-electron chi connectivity index (χ0n) is 17.0. The Balaban J connectivity index is 2.27. The maximum atomic E-state index is 13.3. The zero-order chi connectivity index (χ0) is 21.2. The molecule has 4 nitrogen and oxygen atoms in total. The van der Waals surface area contributed by atoms with Crippen molar-refractivity contribution in [3.05, 3.63) is 69.7 Å². The number of nitrogens with zero attached hydrogens (tertiary/aromatic N) is 1. The highest BCUT2D eigenvalue weighted by molar-refractivity contribution is 6.36. The molecule has 1 N–H and O–H groups in total. The highest BCUT2D eigenvalue weighted by Crippen LogP contribution is 2.26. The second-order valence-corrected chi connectivity index (χ2v) is 7.77. The third kappa shape index (κ3) is 6.76. The number of hydrogen-bond donors (Lipinski definition) is 1. The van der Waals surface area contributed by atoms with Gasteiger partial charge in [0.1, 0.15) is 6.04 Å². The van der Waals surface area contributed by atoms with Crippen molar-refractivity contribution in [3.63, 3.8) is 0 Å². The van der Waals surface area contributed by atoms with E-state index in [9.17, 15) is 9.59 Å². The Morgan fingerprint density at radius 3 is 2.24 bits per heavy atom. The van der Waals surface area contributed by atoms with Gasteiger partial charge in [0, 0.05) is 23.1 Å². The highest BCUT2D eigenvalue weighted by Gasteiger charge is 2.29. The van der Waals surface area contributed by atoms with Gasteiger partial charge in [-0.1, -0.05) is 79.9 Å². The molecule has 0 saturated carbocycles.